The van der Waals surface area contributed by atoms with Gasteiger partial charge in [-0.05, 0) is 36.5 Å². The summed E-state index contributed by atoms with van der Waals surface area (Å²) in [7, 11) is 0. The van der Waals surface area contributed by atoms with Crippen molar-refractivity contribution in [1.82, 2.24) is 14.8 Å². The average Bonchev–Trinajstić information content (AvgIpc) is 3.00. The van der Waals surface area contributed by atoms with Crippen molar-refractivity contribution in [1.29, 1.82) is 0 Å². The second-order valence-corrected chi connectivity index (χ2v) is 7.44. The third-order valence-corrected chi connectivity index (χ3v) is 4.28. The van der Waals surface area contributed by atoms with Gasteiger partial charge >= 0.3 is 0 Å². The van der Waals surface area contributed by atoms with Crippen LogP contribution in [0.4, 0.5) is 4.39 Å². The van der Waals surface area contributed by atoms with Crippen molar-refractivity contribution in [3.8, 4) is 0 Å². The number of allylic oxidation sites excluding steroid dienone is 2. The van der Waals surface area contributed by atoms with Gasteiger partial charge in [0.05, 0.1) is 12.1 Å². The molecule has 0 amide bonds. The molecule has 2 aromatic rings. The van der Waals surface area contributed by atoms with E-state index < -0.39 is 6.10 Å². The molecule has 0 aliphatic carbocycles. The predicted octanol–water partition coefficient (Wildman–Crippen LogP) is 4.51. The smallest absolute Gasteiger partial charge is 0.137 e. The van der Waals surface area contributed by atoms with E-state index in [1.165, 1.54) is 12.4 Å². The third kappa shape index (κ3) is 4.42. The highest BCUT2D eigenvalue weighted by molar-refractivity contribution is 6.30. The van der Waals surface area contributed by atoms with E-state index in [-0.39, 0.29) is 17.3 Å². The van der Waals surface area contributed by atoms with Crippen LogP contribution in [-0.4, -0.2) is 26.0 Å². The zero-order chi connectivity index (χ0) is 17.9. The van der Waals surface area contributed by atoms with E-state index in [1.54, 1.807) is 23.1 Å². The number of aliphatic hydroxyl groups is 1. The van der Waals surface area contributed by atoms with Gasteiger partial charge in [-0.1, -0.05) is 44.5 Å². The Bertz CT molecular complexity index is 708. The van der Waals surface area contributed by atoms with Crippen molar-refractivity contribution >= 4 is 17.2 Å². The van der Waals surface area contributed by atoms with Crippen molar-refractivity contribution < 1.29 is 9.50 Å². The molecule has 1 heterocycles. The summed E-state index contributed by atoms with van der Waals surface area (Å²) in [4.78, 5) is 3.96. The van der Waals surface area contributed by atoms with E-state index in [4.69, 9.17) is 11.6 Å². The lowest BCUT2D eigenvalue weighted by Crippen LogP contribution is -2.35. The monoisotopic (exact) mass is 351 g/mol. The van der Waals surface area contributed by atoms with Gasteiger partial charge in [-0.2, -0.15) is 5.10 Å². The maximum absolute atomic E-state index is 14.0. The molecule has 0 fully saturated rings. The van der Waals surface area contributed by atoms with Crippen molar-refractivity contribution in [3.05, 3.63) is 53.3 Å². The molecule has 6 heteroatoms. The van der Waals surface area contributed by atoms with Crippen LogP contribution in [0.3, 0.4) is 0 Å². The van der Waals surface area contributed by atoms with E-state index in [9.17, 15) is 9.50 Å². The van der Waals surface area contributed by atoms with E-state index in [1.807, 2.05) is 33.8 Å². The quantitative estimate of drug-likeness (QED) is 0.862. The minimum absolute atomic E-state index is 0.280. The van der Waals surface area contributed by atoms with E-state index >= 15 is 0 Å². The lowest BCUT2D eigenvalue weighted by atomic mass is 9.83. The van der Waals surface area contributed by atoms with Crippen molar-refractivity contribution in [2.45, 2.75) is 46.3 Å². The Labute approximate surface area is 147 Å². The van der Waals surface area contributed by atoms with Gasteiger partial charge in [-0.3, -0.25) is 0 Å². The molecule has 2 atom stereocenters. The van der Waals surface area contributed by atoms with Crippen LogP contribution in [0.15, 0.2) is 36.9 Å². The van der Waals surface area contributed by atoms with Crippen LogP contribution in [0.25, 0.3) is 5.57 Å². The SMILES string of the molecule is C/C(=C\CC(C(O)C(C)(C)C)n1cncn1)c1ccc(Cl)cc1F. The Hall–Kier alpha value is -1.72. The molecule has 0 bridgehead atoms. The maximum Gasteiger partial charge on any atom is 0.137 e. The largest absolute Gasteiger partial charge is 0.390 e. The predicted molar refractivity (Wildman–Crippen MR) is 94.2 cm³/mol. The number of halogens is 2. The maximum atomic E-state index is 14.0. The summed E-state index contributed by atoms with van der Waals surface area (Å²) >= 11 is 5.80. The Morgan fingerprint density at radius 2 is 2.12 bits per heavy atom. The molecule has 0 saturated heterocycles. The highest BCUT2D eigenvalue weighted by Crippen LogP contribution is 2.31. The summed E-state index contributed by atoms with van der Waals surface area (Å²) < 4.78 is 15.7. The topological polar surface area (TPSA) is 50.9 Å². The molecule has 130 valence electrons. The van der Waals surface area contributed by atoms with Gasteiger partial charge in [0.25, 0.3) is 0 Å². The standard InChI is InChI=1S/C18H23ClFN3O/c1-12(14-7-6-13(19)9-15(14)20)5-8-16(17(24)18(2,3)4)23-11-21-10-22-23/h5-7,9-11,16-17,24H,8H2,1-4H3/b12-5+. The van der Waals surface area contributed by atoms with Crippen LogP contribution in [-0.2, 0) is 0 Å². The molecule has 1 aromatic carbocycles. The fraction of sp³-hybridized carbons (Fsp3) is 0.444. The molecule has 0 spiro atoms. The van der Waals surface area contributed by atoms with Gasteiger partial charge < -0.3 is 5.11 Å². The lowest BCUT2D eigenvalue weighted by molar-refractivity contribution is 0.0134. The summed E-state index contributed by atoms with van der Waals surface area (Å²) in [6.45, 7) is 7.75. The van der Waals surface area contributed by atoms with Gasteiger partial charge in [0, 0.05) is 10.6 Å². The first-order valence-corrected chi connectivity index (χ1v) is 8.22. The number of aliphatic hydroxyl groups excluding tert-OH is 1. The number of aromatic nitrogens is 3. The molecule has 24 heavy (non-hydrogen) atoms. The van der Waals surface area contributed by atoms with E-state index in [0.29, 0.717) is 17.0 Å². The molecule has 4 nitrogen and oxygen atoms in total. The molecule has 0 saturated carbocycles. The first kappa shape index (κ1) is 18.6. The lowest BCUT2D eigenvalue weighted by Gasteiger charge is -2.32. The van der Waals surface area contributed by atoms with Crippen LogP contribution < -0.4 is 0 Å². The number of nitrogens with zero attached hydrogens (tertiary/aromatic N) is 3. The zero-order valence-corrected chi connectivity index (χ0v) is 15.1. The minimum atomic E-state index is -0.627. The summed E-state index contributed by atoms with van der Waals surface area (Å²) in [6, 6.07) is 4.34. The molecule has 1 N–H and O–H groups in total. The average molecular weight is 352 g/mol. The molecule has 2 unspecified atom stereocenters. The van der Waals surface area contributed by atoms with Gasteiger partial charge in [-0.15, -0.1) is 0 Å². The second-order valence-electron chi connectivity index (χ2n) is 7.00. The number of hydrogen-bond acceptors (Lipinski definition) is 3. The highest BCUT2D eigenvalue weighted by atomic mass is 35.5. The van der Waals surface area contributed by atoms with E-state index in [0.717, 1.165) is 5.57 Å². The minimum Gasteiger partial charge on any atom is -0.390 e. The van der Waals surface area contributed by atoms with Crippen LogP contribution >= 0.6 is 11.6 Å². The van der Waals surface area contributed by atoms with E-state index in [2.05, 4.69) is 10.1 Å². The second kappa shape index (κ2) is 7.45. The molecule has 1 aromatic heterocycles. The first-order valence-electron chi connectivity index (χ1n) is 7.84. The Balaban J connectivity index is 2.26. The summed E-state index contributed by atoms with van der Waals surface area (Å²) in [6.07, 6.45) is 4.82. The van der Waals surface area contributed by atoms with Crippen LogP contribution in [0.5, 0.6) is 0 Å². The normalized spacial score (nSPS) is 15.4. The molecule has 0 aliphatic rings. The van der Waals surface area contributed by atoms with Crippen LogP contribution in [0.1, 0.15) is 45.7 Å². The van der Waals surface area contributed by atoms with Crippen LogP contribution in [0, 0.1) is 11.2 Å². The van der Waals surface area contributed by atoms with Crippen molar-refractivity contribution in [2.24, 2.45) is 5.41 Å². The molecule has 0 aliphatic heterocycles. The fourth-order valence-corrected chi connectivity index (χ4v) is 2.72. The number of rotatable bonds is 5. The summed E-state index contributed by atoms with van der Waals surface area (Å²) in [5.74, 6) is -0.357. The molecule has 2 rings (SSSR count). The van der Waals surface area contributed by atoms with Gasteiger partial charge in [0.15, 0.2) is 0 Å². The first-order chi connectivity index (χ1) is 11.2. The molecule has 0 radical (unpaired) electrons. The van der Waals surface area contributed by atoms with Gasteiger partial charge in [0.1, 0.15) is 18.5 Å². The number of benzene rings is 1. The van der Waals surface area contributed by atoms with Crippen LogP contribution in [0.2, 0.25) is 5.02 Å². The molecular weight excluding hydrogens is 329 g/mol. The zero-order valence-electron chi connectivity index (χ0n) is 14.4. The van der Waals surface area contributed by atoms with Crippen molar-refractivity contribution in [3.63, 3.8) is 0 Å². The van der Waals surface area contributed by atoms with Gasteiger partial charge in [0.2, 0.25) is 0 Å². The summed E-state index contributed by atoms with van der Waals surface area (Å²) in [5, 5.41) is 15.2. The Morgan fingerprint density at radius 3 is 2.67 bits per heavy atom. The Kier molecular flexibility index (Phi) is 5.78. The Morgan fingerprint density at radius 1 is 1.42 bits per heavy atom. The number of hydrogen-bond donors (Lipinski definition) is 1. The molecular formula is C18H23ClFN3O. The third-order valence-electron chi connectivity index (χ3n) is 4.05. The highest BCUT2D eigenvalue weighted by Gasteiger charge is 2.31. The van der Waals surface area contributed by atoms with Gasteiger partial charge in [-0.25, -0.2) is 14.1 Å². The fourth-order valence-electron chi connectivity index (χ4n) is 2.56. The summed E-state index contributed by atoms with van der Waals surface area (Å²) in [5.41, 5.74) is 0.974. The van der Waals surface area contributed by atoms with Crippen molar-refractivity contribution in [2.75, 3.05) is 0 Å².